The molecule has 0 aliphatic heterocycles. The van der Waals surface area contributed by atoms with Gasteiger partial charge in [-0.1, -0.05) is 38.1 Å². The Kier molecular flexibility index (Phi) is 7.30. The summed E-state index contributed by atoms with van der Waals surface area (Å²) < 4.78 is 37.0. The van der Waals surface area contributed by atoms with E-state index in [1.807, 2.05) is 36.4 Å². The number of nitrogens with one attached hydrogen (secondary N) is 1. The smallest absolute Gasteiger partial charge is 0.311 e. The van der Waals surface area contributed by atoms with E-state index >= 15 is 0 Å². The minimum atomic E-state index is -4.22. The number of hydrogen-bond acceptors (Lipinski definition) is 5. The monoisotopic (exact) mass is 441 g/mol. The van der Waals surface area contributed by atoms with Crippen molar-refractivity contribution in [3.05, 3.63) is 66.2 Å². The molecule has 0 saturated carbocycles. The van der Waals surface area contributed by atoms with E-state index in [4.69, 9.17) is 9.29 Å². The van der Waals surface area contributed by atoms with Gasteiger partial charge in [0.15, 0.2) is 0 Å². The van der Waals surface area contributed by atoms with Crippen LogP contribution in [0.2, 0.25) is 0 Å². The van der Waals surface area contributed by atoms with Crippen LogP contribution in [0, 0.1) is 0 Å². The van der Waals surface area contributed by atoms with Crippen LogP contribution in [-0.2, 0) is 14.9 Å². The molecule has 0 amide bonds. The van der Waals surface area contributed by atoms with E-state index in [-0.39, 0.29) is 10.9 Å². The van der Waals surface area contributed by atoms with Crippen LogP contribution >= 0.6 is 0 Å². The van der Waals surface area contributed by atoms with E-state index in [1.165, 1.54) is 17.7 Å². The van der Waals surface area contributed by atoms with Gasteiger partial charge in [0, 0.05) is 18.7 Å². The fourth-order valence-electron chi connectivity index (χ4n) is 3.24. The molecule has 3 aromatic rings. The average Bonchev–Trinajstić information content (AvgIpc) is 2.75. The van der Waals surface area contributed by atoms with E-state index in [2.05, 4.69) is 19.2 Å². The highest BCUT2D eigenvalue weighted by Gasteiger charge is 2.10. The fraction of sp³-hybridized carbons (Fsp3) is 0.292. The lowest BCUT2D eigenvalue weighted by atomic mass is 9.99. The lowest BCUT2D eigenvalue weighted by Crippen LogP contribution is -2.11. The summed E-state index contributed by atoms with van der Waals surface area (Å²) in [5.74, 6) is 0.772. The third-order valence-electron chi connectivity index (χ3n) is 5.29. The highest BCUT2D eigenvalue weighted by Crippen LogP contribution is 2.23. The third-order valence-corrected chi connectivity index (χ3v) is 6.14. The second-order valence-electron chi connectivity index (χ2n) is 7.58. The Morgan fingerprint density at radius 2 is 1.71 bits per heavy atom. The SMILES string of the molecule is CCC(C)c1ccc(OC(=O)CCCNc2ccc3cc(S(=O)(=O)O)ccc3c2)cc1. The molecule has 0 heterocycles. The molecule has 0 bridgehead atoms. The Hall–Kier alpha value is -2.90. The van der Waals surface area contributed by atoms with Gasteiger partial charge in [0.1, 0.15) is 5.75 Å². The lowest BCUT2D eigenvalue weighted by Gasteiger charge is -2.10. The molecule has 1 atom stereocenters. The van der Waals surface area contributed by atoms with Gasteiger partial charge >= 0.3 is 5.97 Å². The van der Waals surface area contributed by atoms with Crippen molar-refractivity contribution in [1.82, 2.24) is 0 Å². The Bertz CT molecular complexity index is 1160. The molecule has 2 N–H and O–H groups in total. The molecule has 0 fully saturated rings. The van der Waals surface area contributed by atoms with Gasteiger partial charge in [0.25, 0.3) is 10.1 Å². The summed E-state index contributed by atoms with van der Waals surface area (Å²) in [4.78, 5) is 11.9. The Morgan fingerprint density at radius 1 is 1.03 bits per heavy atom. The maximum Gasteiger partial charge on any atom is 0.311 e. The highest BCUT2D eigenvalue weighted by atomic mass is 32.2. The standard InChI is InChI=1S/C24H27NO5S/c1-3-17(2)18-7-11-22(12-8-18)30-24(26)5-4-14-25-21-10-6-20-16-23(31(27,28)29)13-9-19(20)15-21/h6-13,15-17,25H,3-5,14H2,1-2H3,(H,27,28,29). The summed E-state index contributed by atoms with van der Waals surface area (Å²) in [6, 6.07) is 17.6. The normalized spacial score (nSPS) is 12.5. The zero-order valence-electron chi connectivity index (χ0n) is 17.7. The van der Waals surface area contributed by atoms with Gasteiger partial charge < -0.3 is 10.1 Å². The van der Waals surface area contributed by atoms with Gasteiger partial charge in [0.2, 0.25) is 0 Å². The molecule has 3 rings (SSSR count). The van der Waals surface area contributed by atoms with Crippen molar-refractivity contribution >= 4 is 32.5 Å². The largest absolute Gasteiger partial charge is 0.427 e. The number of esters is 1. The van der Waals surface area contributed by atoms with Crippen molar-refractivity contribution < 1.29 is 22.5 Å². The Labute approximate surface area is 183 Å². The second-order valence-corrected chi connectivity index (χ2v) is 9.00. The summed E-state index contributed by atoms with van der Waals surface area (Å²) >= 11 is 0. The summed E-state index contributed by atoms with van der Waals surface area (Å²) in [6.07, 6.45) is 1.98. The molecule has 0 aromatic heterocycles. The van der Waals surface area contributed by atoms with Crippen molar-refractivity contribution in [2.45, 2.75) is 43.9 Å². The molecular formula is C24H27NO5S. The van der Waals surface area contributed by atoms with Crippen LogP contribution < -0.4 is 10.1 Å². The molecule has 1 unspecified atom stereocenters. The minimum absolute atomic E-state index is 0.131. The molecule has 3 aromatic carbocycles. The van der Waals surface area contributed by atoms with Gasteiger partial charge in [-0.2, -0.15) is 8.42 Å². The predicted molar refractivity (Wildman–Crippen MR) is 122 cm³/mol. The van der Waals surface area contributed by atoms with Crippen LogP contribution in [0.1, 0.15) is 44.6 Å². The first kappa shape index (κ1) is 22.8. The second kappa shape index (κ2) is 9.94. The maximum absolute atomic E-state index is 12.1. The summed E-state index contributed by atoms with van der Waals surface area (Å²) in [5, 5.41) is 4.81. The summed E-state index contributed by atoms with van der Waals surface area (Å²) in [5.41, 5.74) is 2.09. The van der Waals surface area contributed by atoms with Gasteiger partial charge in [-0.05, 0) is 71.5 Å². The number of benzene rings is 3. The topological polar surface area (TPSA) is 92.7 Å². The molecule has 6 nitrogen and oxygen atoms in total. The van der Waals surface area contributed by atoms with Gasteiger partial charge in [-0.3, -0.25) is 9.35 Å². The molecule has 7 heteroatoms. The summed E-state index contributed by atoms with van der Waals surface area (Å²) in [7, 11) is -4.22. The van der Waals surface area contributed by atoms with Crippen LogP contribution in [0.3, 0.4) is 0 Å². The predicted octanol–water partition coefficient (Wildman–Crippen LogP) is 5.40. The molecule has 0 radical (unpaired) electrons. The maximum atomic E-state index is 12.1. The van der Waals surface area contributed by atoms with E-state index in [1.54, 1.807) is 12.1 Å². The first-order chi connectivity index (χ1) is 14.8. The van der Waals surface area contributed by atoms with Crippen molar-refractivity contribution in [3.8, 4) is 5.75 Å². The minimum Gasteiger partial charge on any atom is -0.427 e. The van der Waals surface area contributed by atoms with Gasteiger partial charge in [-0.15, -0.1) is 0 Å². The first-order valence-electron chi connectivity index (χ1n) is 10.3. The zero-order valence-corrected chi connectivity index (χ0v) is 18.5. The van der Waals surface area contributed by atoms with E-state index < -0.39 is 10.1 Å². The van der Waals surface area contributed by atoms with Crippen LogP contribution in [-0.4, -0.2) is 25.5 Å². The van der Waals surface area contributed by atoms with Gasteiger partial charge in [-0.25, -0.2) is 0 Å². The molecule has 0 spiro atoms. The van der Waals surface area contributed by atoms with Crippen LogP contribution in [0.5, 0.6) is 5.75 Å². The average molecular weight is 442 g/mol. The molecule has 31 heavy (non-hydrogen) atoms. The Morgan fingerprint density at radius 3 is 2.39 bits per heavy atom. The first-order valence-corrected chi connectivity index (χ1v) is 11.8. The number of hydrogen-bond donors (Lipinski definition) is 2. The van der Waals surface area contributed by atoms with Crippen molar-refractivity contribution in [3.63, 3.8) is 0 Å². The number of carbonyl (C=O) groups excluding carboxylic acids is 1. The fourth-order valence-corrected chi connectivity index (χ4v) is 3.76. The molecule has 0 aliphatic rings. The number of rotatable bonds is 9. The van der Waals surface area contributed by atoms with Gasteiger partial charge in [0.05, 0.1) is 4.90 Å². The van der Waals surface area contributed by atoms with Crippen LogP contribution in [0.15, 0.2) is 65.6 Å². The number of ether oxygens (including phenoxy) is 1. The number of fused-ring (bicyclic) bond motifs is 1. The molecule has 164 valence electrons. The quantitative estimate of drug-likeness (QED) is 0.200. The number of carbonyl (C=O) groups is 1. The van der Waals surface area contributed by atoms with E-state index in [9.17, 15) is 13.2 Å². The lowest BCUT2D eigenvalue weighted by molar-refractivity contribution is -0.134. The Balaban J connectivity index is 1.47. The molecule has 0 aliphatic carbocycles. The van der Waals surface area contributed by atoms with Crippen LogP contribution in [0.4, 0.5) is 5.69 Å². The van der Waals surface area contributed by atoms with Crippen LogP contribution in [0.25, 0.3) is 10.8 Å². The third kappa shape index (κ3) is 6.29. The molecule has 0 saturated heterocycles. The highest BCUT2D eigenvalue weighted by molar-refractivity contribution is 7.85. The molecular weight excluding hydrogens is 414 g/mol. The van der Waals surface area contributed by atoms with E-state index in [0.717, 1.165) is 17.5 Å². The summed E-state index contributed by atoms with van der Waals surface area (Å²) in [6.45, 7) is 4.90. The van der Waals surface area contributed by atoms with Crippen molar-refractivity contribution in [1.29, 1.82) is 0 Å². The van der Waals surface area contributed by atoms with E-state index in [0.29, 0.717) is 36.4 Å². The zero-order chi connectivity index (χ0) is 22.4. The van der Waals surface area contributed by atoms with Crippen molar-refractivity contribution in [2.75, 3.05) is 11.9 Å². The number of anilines is 1. The van der Waals surface area contributed by atoms with Crippen molar-refractivity contribution in [2.24, 2.45) is 0 Å².